The molecule has 2 aromatic rings. The summed E-state index contributed by atoms with van der Waals surface area (Å²) >= 11 is 0. The number of fused-ring (bicyclic) bond motifs is 1. The van der Waals surface area contributed by atoms with E-state index in [9.17, 15) is 0 Å². The highest BCUT2D eigenvalue weighted by Gasteiger charge is 2.28. The quantitative estimate of drug-likeness (QED) is 0.470. The van der Waals surface area contributed by atoms with Crippen LogP contribution in [0.1, 0.15) is 54.4 Å². The van der Waals surface area contributed by atoms with Crippen molar-refractivity contribution in [1.29, 1.82) is 0 Å². The van der Waals surface area contributed by atoms with E-state index in [0.717, 1.165) is 12.3 Å². The monoisotopic (exact) mass is 375 g/mol. The van der Waals surface area contributed by atoms with E-state index >= 15 is 0 Å². The summed E-state index contributed by atoms with van der Waals surface area (Å²) in [6, 6.07) is 19.9. The molecule has 28 heavy (non-hydrogen) atoms. The molecule has 0 aromatic heterocycles. The van der Waals surface area contributed by atoms with Crippen molar-refractivity contribution in [3.05, 3.63) is 83.9 Å². The van der Waals surface area contributed by atoms with Crippen molar-refractivity contribution in [2.24, 2.45) is 5.92 Å². The minimum atomic E-state index is 0.212. The lowest BCUT2D eigenvalue weighted by atomic mass is 9.88. The number of aryl methyl sites for hydroxylation is 1. The zero-order valence-electron chi connectivity index (χ0n) is 16.9. The predicted octanol–water partition coefficient (Wildman–Crippen LogP) is 5.76. The van der Waals surface area contributed by atoms with Crippen LogP contribution < -0.4 is 0 Å². The molecule has 0 saturated carbocycles. The number of benzene rings is 2. The van der Waals surface area contributed by atoms with Crippen molar-refractivity contribution in [1.82, 2.24) is 4.90 Å². The summed E-state index contributed by atoms with van der Waals surface area (Å²) in [6.07, 6.45) is 8.23. The third-order valence-electron chi connectivity index (χ3n) is 6.56. The molecule has 1 saturated heterocycles. The van der Waals surface area contributed by atoms with E-state index in [0.29, 0.717) is 12.5 Å². The number of piperidine rings is 1. The fourth-order valence-corrected chi connectivity index (χ4v) is 5.03. The minimum Gasteiger partial charge on any atom is -0.369 e. The van der Waals surface area contributed by atoms with Crippen LogP contribution in [0.3, 0.4) is 0 Å². The zero-order valence-corrected chi connectivity index (χ0v) is 16.9. The highest BCUT2D eigenvalue weighted by atomic mass is 16.5. The molecule has 2 aromatic carbocycles. The first-order valence-electron chi connectivity index (χ1n) is 10.9. The van der Waals surface area contributed by atoms with Gasteiger partial charge in [0.1, 0.15) is 0 Å². The summed E-state index contributed by atoms with van der Waals surface area (Å²) < 4.78 is 6.20. The van der Waals surface area contributed by atoms with Gasteiger partial charge in [0, 0.05) is 6.54 Å². The lowest BCUT2D eigenvalue weighted by Crippen LogP contribution is -2.37. The Morgan fingerprint density at radius 1 is 0.964 bits per heavy atom. The van der Waals surface area contributed by atoms with Gasteiger partial charge in [-0.25, -0.2) is 0 Å². The molecule has 2 nitrogen and oxygen atoms in total. The Kier molecular flexibility index (Phi) is 6.61. The maximum absolute atomic E-state index is 6.20. The highest BCUT2D eigenvalue weighted by molar-refractivity contribution is 5.30. The van der Waals surface area contributed by atoms with E-state index in [2.05, 4.69) is 66.1 Å². The molecule has 2 atom stereocenters. The summed E-state index contributed by atoms with van der Waals surface area (Å²) in [5, 5.41) is 0. The molecular formula is C26H33NO. The second-order valence-corrected chi connectivity index (χ2v) is 8.44. The van der Waals surface area contributed by atoms with Gasteiger partial charge in [-0.2, -0.15) is 0 Å². The summed E-state index contributed by atoms with van der Waals surface area (Å²) in [5.74, 6) is 1.44. The first-order chi connectivity index (χ1) is 13.8. The van der Waals surface area contributed by atoms with E-state index in [4.69, 9.17) is 4.74 Å². The third-order valence-corrected chi connectivity index (χ3v) is 6.56. The molecule has 0 amide bonds. The van der Waals surface area contributed by atoms with Crippen LogP contribution in [-0.2, 0) is 11.2 Å². The van der Waals surface area contributed by atoms with Crippen molar-refractivity contribution < 1.29 is 4.74 Å². The minimum absolute atomic E-state index is 0.212. The van der Waals surface area contributed by atoms with Crippen LogP contribution in [0, 0.1) is 5.92 Å². The van der Waals surface area contributed by atoms with Gasteiger partial charge < -0.3 is 9.64 Å². The molecule has 0 N–H and O–H groups in total. The molecule has 1 heterocycles. The summed E-state index contributed by atoms with van der Waals surface area (Å²) in [5.41, 5.74) is 4.39. The van der Waals surface area contributed by atoms with Gasteiger partial charge in [0.15, 0.2) is 0 Å². The molecule has 0 bridgehead atoms. The number of likely N-dealkylation sites (tertiary alicyclic amines) is 1. The Labute approximate surface area is 170 Å². The van der Waals surface area contributed by atoms with Crippen molar-refractivity contribution in [3.63, 3.8) is 0 Å². The topological polar surface area (TPSA) is 12.5 Å². The lowest BCUT2D eigenvalue weighted by Gasteiger charge is -2.35. The molecule has 2 unspecified atom stereocenters. The van der Waals surface area contributed by atoms with E-state index < -0.39 is 0 Å². The fraction of sp³-hybridized carbons (Fsp3) is 0.462. The Hall–Kier alpha value is -1.90. The second-order valence-electron chi connectivity index (χ2n) is 8.44. The Balaban J connectivity index is 1.35. The van der Waals surface area contributed by atoms with Gasteiger partial charge >= 0.3 is 0 Å². The molecular weight excluding hydrogens is 342 g/mol. The van der Waals surface area contributed by atoms with Crippen LogP contribution in [0.2, 0.25) is 0 Å². The van der Waals surface area contributed by atoms with Gasteiger partial charge in [0.05, 0.1) is 12.7 Å². The Morgan fingerprint density at radius 3 is 2.50 bits per heavy atom. The largest absolute Gasteiger partial charge is 0.369 e. The lowest BCUT2D eigenvalue weighted by molar-refractivity contribution is 0.0480. The summed E-state index contributed by atoms with van der Waals surface area (Å²) in [4.78, 5) is 2.70. The standard InChI is InChI=1S/C26H33NO/c1-2-18-28-26-19-21(12-13-24-10-6-7-11-25(24)26)20-27-16-14-23(15-17-27)22-8-4-3-5-9-22/h2-11,21,23,26H,1,12-20H2. The van der Waals surface area contributed by atoms with Crippen LogP contribution in [0.15, 0.2) is 67.3 Å². The smallest absolute Gasteiger partial charge is 0.0835 e. The van der Waals surface area contributed by atoms with E-state index in [1.165, 1.54) is 62.0 Å². The van der Waals surface area contributed by atoms with Gasteiger partial charge in [0.25, 0.3) is 0 Å². The third kappa shape index (κ3) is 4.74. The van der Waals surface area contributed by atoms with E-state index in [-0.39, 0.29) is 6.10 Å². The van der Waals surface area contributed by atoms with E-state index in [1.807, 2.05) is 6.08 Å². The molecule has 1 aliphatic carbocycles. The zero-order chi connectivity index (χ0) is 19.2. The Morgan fingerprint density at radius 2 is 1.71 bits per heavy atom. The van der Waals surface area contributed by atoms with Crippen LogP contribution in [0.4, 0.5) is 0 Å². The second kappa shape index (κ2) is 9.54. The van der Waals surface area contributed by atoms with Crippen molar-refractivity contribution in [2.75, 3.05) is 26.2 Å². The number of rotatable bonds is 6. The highest BCUT2D eigenvalue weighted by Crippen LogP contribution is 2.36. The summed E-state index contributed by atoms with van der Waals surface area (Å²) in [7, 11) is 0. The number of ether oxygens (including phenoxy) is 1. The van der Waals surface area contributed by atoms with Crippen molar-refractivity contribution in [2.45, 2.75) is 44.1 Å². The first-order valence-corrected chi connectivity index (χ1v) is 10.9. The number of hydrogen-bond acceptors (Lipinski definition) is 2. The van der Waals surface area contributed by atoms with Crippen molar-refractivity contribution >= 4 is 0 Å². The predicted molar refractivity (Wildman–Crippen MR) is 117 cm³/mol. The van der Waals surface area contributed by atoms with Crippen molar-refractivity contribution in [3.8, 4) is 0 Å². The van der Waals surface area contributed by atoms with Gasteiger partial charge in [-0.05, 0) is 73.7 Å². The van der Waals surface area contributed by atoms with Crippen LogP contribution in [-0.4, -0.2) is 31.1 Å². The molecule has 148 valence electrons. The molecule has 0 spiro atoms. The fourth-order valence-electron chi connectivity index (χ4n) is 5.03. The maximum Gasteiger partial charge on any atom is 0.0835 e. The van der Waals surface area contributed by atoms with Gasteiger partial charge in [-0.3, -0.25) is 0 Å². The van der Waals surface area contributed by atoms with Gasteiger partial charge in [0.2, 0.25) is 0 Å². The van der Waals surface area contributed by atoms with E-state index in [1.54, 1.807) is 0 Å². The normalized spacial score (nSPS) is 23.7. The first kappa shape index (κ1) is 19.4. The maximum atomic E-state index is 6.20. The molecule has 1 fully saturated rings. The summed E-state index contributed by atoms with van der Waals surface area (Å²) in [6.45, 7) is 8.13. The number of nitrogens with zero attached hydrogens (tertiary/aromatic N) is 1. The van der Waals surface area contributed by atoms with Crippen LogP contribution in [0.25, 0.3) is 0 Å². The van der Waals surface area contributed by atoms with Gasteiger partial charge in [-0.15, -0.1) is 6.58 Å². The van der Waals surface area contributed by atoms with Crippen LogP contribution in [0.5, 0.6) is 0 Å². The number of hydrogen-bond donors (Lipinski definition) is 0. The Bertz CT molecular complexity index is 748. The molecule has 4 rings (SSSR count). The van der Waals surface area contributed by atoms with Crippen LogP contribution >= 0.6 is 0 Å². The molecule has 2 aliphatic rings. The molecule has 0 radical (unpaired) electrons. The SMILES string of the molecule is C=CCOC1CC(CN2CCC(c3ccccc3)CC2)CCc2ccccc21. The molecule has 2 heteroatoms. The average molecular weight is 376 g/mol. The average Bonchev–Trinajstić information content (AvgIpc) is 2.93. The van der Waals surface area contributed by atoms with Gasteiger partial charge in [-0.1, -0.05) is 60.7 Å². The molecule has 1 aliphatic heterocycles.